The molecule has 4 aliphatic carbocycles. The van der Waals surface area contributed by atoms with Crippen LogP contribution in [0.2, 0.25) is 0 Å². The second-order valence-corrected chi connectivity index (χ2v) is 12.7. The summed E-state index contributed by atoms with van der Waals surface area (Å²) in [5, 5.41) is 9.13. The number of rotatable bonds is 8. The van der Waals surface area contributed by atoms with Crippen molar-refractivity contribution in [1.29, 1.82) is 0 Å². The fraction of sp³-hybridized carbons (Fsp3) is 0.517. The Morgan fingerprint density at radius 2 is 1.75 bits per heavy atom. The minimum absolute atomic E-state index is 0.0217. The number of thioether (sulfide) groups is 1. The number of aliphatic hydroxyl groups excluding tert-OH is 1. The first-order valence-electron chi connectivity index (χ1n) is 13.3. The monoisotopic (exact) mass is 525 g/mol. The molecule has 1 saturated heterocycles. The Labute approximate surface area is 221 Å². The summed E-state index contributed by atoms with van der Waals surface area (Å²) in [4.78, 5) is 16.3. The van der Waals surface area contributed by atoms with Gasteiger partial charge in [-0.3, -0.25) is 9.69 Å². The van der Waals surface area contributed by atoms with E-state index in [1.54, 1.807) is 12.1 Å². The maximum Gasteiger partial charge on any atom is 0.266 e. The van der Waals surface area contributed by atoms with Crippen LogP contribution in [0.15, 0.2) is 39.7 Å². The molecule has 7 rings (SSSR count). The summed E-state index contributed by atoms with van der Waals surface area (Å²) < 4.78 is 20.4. The van der Waals surface area contributed by atoms with Crippen LogP contribution in [-0.2, 0) is 11.2 Å². The van der Waals surface area contributed by atoms with Gasteiger partial charge in [-0.25, -0.2) is 4.39 Å². The Morgan fingerprint density at radius 1 is 1.06 bits per heavy atom. The quantitative estimate of drug-likeness (QED) is 0.233. The van der Waals surface area contributed by atoms with Crippen LogP contribution < -0.4 is 0 Å². The molecule has 4 bridgehead atoms. The molecule has 1 aromatic carbocycles. The molecule has 1 amide bonds. The fourth-order valence-corrected chi connectivity index (χ4v) is 8.61. The lowest BCUT2D eigenvalue weighted by Crippen LogP contribution is -2.57. The van der Waals surface area contributed by atoms with Gasteiger partial charge in [0, 0.05) is 24.3 Å². The van der Waals surface area contributed by atoms with Crippen LogP contribution in [0.25, 0.3) is 17.4 Å². The maximum absolute atomic E-state index is 13.7. The van der Waals surface area contributed by atoms with Gasteiger partial charge in [0.2, 0.25) is 0 Å². The number of aryl methyl sites for hydroxylation is 1. The molecule has 5 fully saturated rings. The molecule has 0 unspecified atom stereocenters. The third kappa shape index (κ3) is 4.59. The smallest absolute Gasteiger partial charge is 0.266 e. The number of amides is 1. The Bertz CT molecular complexity index is 1160. The number of aliphatic hydroxyl groups is 1. The zero-order valence-corrected chi connectivity index (χ0v) is 22.0. The van der Waals surface area contributed by atoms with E-state index in [1.165, 1.54) is 56.0 Å². The molecule has 1 aromatic heterocycles. The Balaban J connectivity index is 1.27. The van der Waals surface area contributed by atoms with Crippen LogP contribution >= 0.6 is 24.0 Å². The Hall–Kier alpha value is -1.96. The Kier molecular flexibility index (Phi) is 6.82. The number of hydrogen-bond donors (Lipinski definition) is 1. The van der Waals surface area contributed by atoms with Crippen LogP contribution in [0.5, 0.6) is 0 Å². The van der Waals surface area contributed by atoms with Crippen LogP contribution in [0.1, 0.15) is 62.7 Å². The predicted octanol–water partition coefficient (Wildman–Crippen LogP) is 6.82. The highest BCUT2D eigenvalue weighted by molar-refractivity contribution is 8.26. The number of carbonyl (C=O) groups is 1. The van der Waals surface area contributed by atoms with Gasteiger partial charge in [-0.1, -0.05) is 30.4 Å². The maximum atomic E-state index is 13.7. The van der Waals surface area contributed by atoms with Crippen molar-refractivity contribution in [3.05, 3.63) is 52.4 Å². The zero-order valence-electron chi connectivity index (χ0n) is 20.3. The fourth-order valence-electron chi connectivity index (χ4n) is 7.29. The third-order valence-electron chi connectivity index (χ3n) is 8.64. The van der Waals surface area contributed by atoms with E-state index in [0.29, 0.717) is 32.6 Å². The van der Waals surface area contributed by atoms with E-state index >= 15 is 0 Å². The molecule has 0 radical (unpaired) electrons. The van der Waals surface area contributed by atoms with E-state index in [-0.39, 0.29) is 24.4 Å². The van der Waals surface area contributed by atoms with Gasteiger partial charge in [0.15, 0.2) is 0 Å². The molecule has 5 aliphatic rings. The largest absolute Gasteiger partial charge is 0.456 e. The average Bonchev–Trinajstić information content (AvgIpc) is 3.37. The van der Waals surface area contributed by atoms with Crippen molar-refractivity contribution in [2.45, 2.75) is 63.8 Å². The van der Waals surface area contributed by atoms with Gasteiger partial charge < -0.3 is 9.52 Å². The van der Waals surface area contributed by atoms with Crippen molar-refractivity contribution in [2.24, 2.45) is 23.7 Å². The number of benzene rings is 1. The lowest BCUT2D eigenvalue weighted by Gasteiger charge is -2.56. The molecular formula is C29H32FNO3S2. The van der Waals surface area contributed by atoms with Crippen molar-refractivity contribution in [1.82, 2.24) is 4.90 Å². The summed E-state index contributed by atoms with van der Waals surface area (Å²) in [5.74, 6) is 3.92. The second kappa shape index (κ2) is 10.1. The molecule has 0 spiro atoms. The van der Waals surface area contributed by atoms with E-state index in [2.05, 4.69) is 0 Å². The van der Waals surface area contributed by atoms with Crippen molar-refractivity contribution in [2.75, 3.05) is 6.61 Å². The van der Waals surface area contributed by atoms with E-state index in [1.807, 2.05) is 17.0 Å². The number of halogens is 1. The van der Waals surface area contributed by atoms with E-state index in [9.17, 15) is 9.18 Å². The number of thiocarbonyl (C=S) groups is 1. The van der Waals surface area contributed by atoms with Crippen molar-refractivity contribution in [3.8, 4) is 11.3 Å². The highest BCUT2D eigenvalue weighted by Gasteiger charge is 2.53. The van der Waals surface area contributed by atoms with Crippen LogP contribution in [-0.4, -0.2) is 32.9 Å². The minimum Gasteiger partial charge on any atom is -0.456 e. The minimum atomic E-state index is -0.289. The SMILES string of the molecule is O=C1C(=Cc2oc(-c3ccc(F)cc3)cc2CCCCCO)SC(=S)N1C1C2CC3CC(C2)CC1C3. The molecular weight excluding hydrogens is 493 g/mol. The molecule has 1 N–H and O–H groups in total. The molecule has 4 nitrogen and oxygen atoms in total. The normalized spacial score (nSPS) is 30.2. The number of hydrogen-bond acceptors (Lipinski definition) is 5. The number of unbranched alkanes of at least 4 members (excludes halogenated alkanes) is 2. The van der Waals surface area contributed by atoms with Crippen molar-refractivity contribution < 1.29 is 18.7 Å². The second-order valence-electron chi connectivity index (χ2n) is 11.0. The summed E-state index contributed by atoms with van der Waals surface area (Å²) in [5.41, 5.74) is 1.82. The van der Waals surface area contributed by atoms with Gasteiger partial charge in [0.1, 0.15) is 21.7 Å². The first kappa shape index (κ1) is 24.4. The van der Waals surface area contributed by atoms with E-state index in [0.717, 1.165) is 48.6 Å². The van der Waals surface area contributed by atoms with Crippen molar-refractivity contribution in [3.63, 3.8) is 0 Å². The van der Waals surface area contributed by atoms with Crippen molar-refractivity contribution >= 4 is 40.3 Å². The Morgan fingerprint density at radius 3 is 2.42 bits per heavy atom. The molecule has 2 aromatic rings. The average molecular weight is 526 g/mol. The summed E-state index contributed by atoms with van der Waals surface area (Å²) in [6, 6.07) is 8.51. The molecule has 0 atom stereocenters. The first-order chi connectivity index (χ1) is 17.5. The van der Waals surface area contributed by atoms with Gasteiger partial charge in [0.05, 0.1) is 4.91 Å². The lowest BCUT2D eigenvalue weighted by atomic mass is 9.54. The number of nitrogens with zero attached hydrogens (tertiary/aromatic N) is 1. The molecule has 4 saturated carbocycles. The van der Waals surface area contributed by atoms with Gasteiger partial charge in [-0.15, -0.1) is 0 Å². The first-order valence-corrected chi connectivity index (χ1v) is 14.5. The lowest BCUT2D eigenvalue weighted by molar-refractivity contribution is -0.130. The molecule has 7 heteroatoms. The zero-order chi connectivity index (χ0) is 24.8. The summed E-state index contributed by atoms with van der Waals surface area (Å²) in [6.07, 6.45) is 11.6. The molecule has 190 valence electrons. The van der Waals surface area contributed by atoms with Gasteiger partial charge in [-0.05, 0) is 111 Å². The van der Waals surface area contributed by atoms with Gasteiger partial charge >= 0.3 is 0 Å². The highest BCUT2D eigenvalue weighted by Crippen LogP contribution is 2.56. The third-order valence-corrected chi connectivity index (χ3v) is 9.97. The number of carbonyl (C=O) groups excluding carboxylic acids is 1. The van der Waals surface area contributed by atoms with Gasteiger partial charge in [-0.2, -0.15) is 0 Å². The summed E-state index contributed by atoms with van der Waals surface area (Å²) >= 11 is 7.17. The number of furan rings is 1. The van der Waals surface area contributed by atoms with Crippen LogP contribution in [0.3, 0.4) is 0 Å². The highest BCUT2D eigenvalue weighted by atomic mass is 32.2. The summed E-state index contributed by atoms with van der Waals surface area (Å²) in [7, 11) is 0. The van der Waals surface area contributed by atoms with Gasteiger partial charge in [0.25, 0.3) is 5.91 Å². The standard InChI is InChI=1S/C29H32FNO3S2/c30-23-7-5-19(6-8-23)24-15-20(4-2-1-3-9-32)25(34-24)16-26-28(33)31(29(35)36-26)27-21-11-17-10-18(13-21)14-22(27)12-17/h5-8,15-18,21-22,27,32H,1-4,9-14H2. The topological polar surface area (TPSA) is 53.7 Å². The van der Waals surface area contributed by atoms with E-state index < -0.39 is 0 Å². The molecule has 1 aliphatic heterocycles. The molecule has 36 heavy (non-hydrogen) atoms. The summed E-state index contributed by atoms with van der Waals surface area (Å²) in [6.45, 7) is 0.187. The molecule has 2 heterocycles. The predicted molar refractivity (Wildman–Crippen MR) is 145 cm³/mol. The van der Waals surface area contributed by atoms with E-state index in [4.69, 9.17) is 21.7 Å². The van der Waals surface area contributed by atoms with Crippen LogP contribution in [0.4, 0.5) is 4.39 Å². The van der Waals surface area contributed by atoms with Crippen LogP contribution in [0, 0.1) is 29.5 Å².